The molecule has 2 aromatic carbocycles. The van der Waals surface area contributed by atoms with Gasteiger partial charge in [0.15, 0.2) is 0 Å². The molecule has 4 rings (SSSR count). The molecule has 4 heteroatoms. The molecule has 2 N–H and O–H groups in total. The molecule has 1 aromatic heterocycles. The standard InChI is InChI=1S/C17H14N2O2/c18-12-5-6-15-11(9-12)7-8-19(15)17(20)14-10-21-16-4-2-1-3-13(14)16/h1-6,9-10H,7-8,18H2. The second kappa shape index (κ2) is 4.38. The Morgan fingerprint density at radius 3 is 2.95 bits per heavy atom. The smallest absolute Gasteiger partial charge is 0.262 e. The van der Waals surface area contributed by atoms with E-state index >= 15 is 0 Å². The van der Waals surface area contributed by atoms with Crippen molar-refractivity contribution >= 4 is 28.3 Å². The summed E-state index contributed by atoms with van der Waals surface area (Å²) < 4.78 is 5.47. The van der Waals surface area contributed by atoms with Crippen LogP contribution in [0, 0.1) is 0 Å². The Bertz CT molecular complexity index is 851. The third kappa shape index (κ3) is 1.80. The lowest BCUT2D eigenvalue weighted by Gasteiger charge is -2.16. The maximum absolute atomic E-state index is 12.8. The number of amides is 1. The molecule has 1 amide bonds. The summed E-state index contributed by atoms with van der Waals surface area (Å²) in [5.74, 6) is -0.0246. The van der Waals surface area contributed by atoms with Gasteiger partial charge in [-0.05, 0) is 36.2 Å². The number of nitrogen functional groups attached to an aromatic ring is 1. The van der Waals surface area contributed by atoms with E-state index in [-0.39, 0.29) is 5.91 Å². The van der Waals surface area contributed by atoms with Crippen LogP contribution in [0.25, 0.3) is 11.0 Å². The molecule has 21 heavy (non-hydrogen) atoms. The lowest BCUT2D eigenvalue weighted by Crippen LogP contribution is -2.28. The van der Waals surface area contributed by atoms with Crippen LogP contribution >= 0.6 is 0 Å². The first-order valence-corrected chi connectivity index (χ1v) is 6.90. The van der Waals surface area contributed by atoms with E-state index in [0.717, 1.165) is 34.3 Å². The Hall–Kier alpha value is -2.75. The molecule has 0 radical (unpaired) electrons. The Morgan fingerprint density at radius 1 is 1.19 bits per heavy atom. The Morgan fingerprint density at radius 2 is 2.05 bits per heavy atom. The van der Waals surface area contributed by atoms with Crippen LogP contribution in [-0.4, -0.2) is 12.5 Å². The van der Waals surface area contributed by atoms with E-state index in [0.29, 0.717) is 12.1 Å². The first kappa shape index (κ1) is 12.0. The molecule has 2 heterocycles. The van der Waals surface area contributed by atoms with Gasteiger partial charge in [-0.1, -0.05) is 18.2 Å². The van der Waals surface area contributed by atoms with Gasteiger partial charge in [0.25, 0.3) is 5.91 Å². The first-order chi connectivity index (χ1) is 10.2. The number of para-hydroxylation sites is 1. The molecule has 1 aliphatic heterocycles. The van der Waals surface area contributed by atoms with E-state index in [1.54, 1.807) is 11.2 Å². The van der Waals surface area contributed by atoms with Crippen LogP contribution in [0.5, 0.6) is 0 Å². The zero-order valence-corrected chi connectivity index (χ0v) is 11.4. The predicted octanol–water partition coefficient (Wildman–Crippen LogP) is 3.22. The largest absolute Gasteiger partial charge is 0.463 e. The van der Waals surface area contributed by atoms with Crippen molar-refractivity contribution in [3.63, 3.8) is 0 Å². The molecule has 0 saturated carbocycles. The Balaban J connectivity index is 1.77. The summed E-state index contributed by atoms with van der Waals surface area (Å²) in [4.78, 5) is 14.6. The number of carbonyl (C=O) groups excluding carboxylic acids is 1. The van der Waals surface area contributed by atoms with E-state index in [2.05, 4.69) is 0 Å². The van der Waals surface area contributed by atoms with Gasteiger partial charge in [0.05, 0.1) is 5.56 Å². The number of furan rings is 1. The summed E-state index contributed by atoms with van der Waals surface area (Å²) in [6, 6.07) is 13.3. The number of anilines is 2. The fourth-order valence-electron chi connectivity index (χ4n) is 2.92. The van der Waals surface area contributed by atoms with Gasteiger partial charge in [0, 0.05) is 23.3 Å². The van der Waals surface area contributed by atoms with Crippen molar-refractivity contribution in [3.8, 4) is 0 Å². The number of hydrogen-bond donors (Lipinski definition) is 1. The van der Waals surface area contributed by atoms with Crippen molar-refractivity contribution in [2.24, 2.45) is 0 Å². The maximum Gasteiger partial charge on any atom is 0.262 e. The van der Waals surface area contributed by atoms with Gasteiger partial charge in [0.2, 0.25) is 0 Å². The number of carbonyl (C=O) groups is 1. The summed E-state index contributed by atoms with van der Waals surface area (Å²) in [5, 5.41) is 0.853. The van der Waals surface area contributed by atoms with E-state index in [4.69, 9.17) is 10.2 Å². The molecule has 0 unspecified atom stereocenters. The quantitative estimate of drug-likeness (QED) is 0.695. The van der Waals surface area contributed by atoms with Crippen LogP contribution < -0.4 is 10.6 Å². The zero-order valence-electron chi connectivity index (χ0n) is 11.4. The summed E-state index contributed by atoms with van der Waals surface area (Å²) in [7, 11) is 0. The Kier molecular flexibility index (Phi) is 2.51. The molecule has 0 aliphatic carbocycles. The van der Waals surface area contributed by atoms with Crippen molar-refractivity contribution in [1.29, 1.82) is 0 Å². The van der Waals surface area contributed by atoms with Crippen LogP contribution in [0.4, 0.5) is 11.4 Å². The normalized spacial score (nSPS) is 13.6. The van der Waals surface area contributed by atoms with Gasteiger partial charge in [-0.15, -0.1) is 0 Å². The molecular formula is C17H14N2O2. The third-order valence-corrected chi connectivity index (χ3v) is 3.96. The van der Waals surface area contributed by atoms with Crippen molar-refractivity contribution in [2.75, 3.05) is 17.2 Å². The topological polar surface area (TPSA) is 59.5 Å². The molecule has 0 atom stereocenters. The highest BCUT2D eigenvalue weighted by atomic mass is 16.3. The molecule has 104 valence electrons. The molecule has 0 fully saturated rings. The molecule has 0 spiro atoms. The number of rotatable bonds is 1. The monoisotopic (exact) mass is 278 g/mol. The van der Waals surface area contributed by atoms with E-state index in [1.165, 1.54) is 0 Å². The average molecular weight is 278 g/mol. The SMILES string of the molecule is Nc1ccc2c(c1)CCN2C(=O)c1coc2ccccc12. The van der Waals surface area contributed by atoms with Crippen molar-refractivity contribution in [1.82, 2.24) is 0 Å². The molecule has 1 aliphatic rings. The van der Waals surface area contributed by atoms with Crippen LogP contribution in [0.1, 0.15) is 15.9 Å². The molecule has 0 saturated heterocycles. The van der Waals surface area contributed by atoms with Gasteiger partial charge in [-0.25, -0.2) is 0 Å². The van der Waals surface area contributed by atoms with Gasteiger partial charge in [0.1, 0.15) is 11.8 Å². The first-order valence-electron chi connectivity index (χ1n) is 6.90. The number of nitrogens with two attached hydrogens (primary N) is 1. The van der Waals surface area contributed by atoms with E-state index in [9.17, 15) is 4.79 Å². The Labute approximate surface area is 121 Å². The van der Waals surface area contributed by atoms with Gasteiger partial charge in [-0.2, -0.15) is 0 Å². The lowest BCUT2D eigenvalue weighted by atomic mass is 10.1. The minimum atomic E-state index is -0.0246. The molecule has 0 bridgehead atoms. The summed E-state index contributed by atoms with van der Waals surface area (Å²) >= 11 is 0. The summed E-state index contributed by atoms with van der Waals surface area (Å²) in [5.41, 5.74) is 9.94. The molecule has 3 aromatic rings. The second-order valence-corrected chi connectivity index (χ2v) is 5.24. The highest BCUT2D eigenvalue weighted by Crippen LogP contribution is 2.32. The summed E-state index contributed by atoms with van der Waals surface area (Å²) in [6.45, 7) is 0.678. The number of fused-ring (bicyclic) bond motifs is 2. The van der Waals surface area contributed by atoms with Crippen LogP contribution in [0.2, 0.25) is 0 Å². The minimum absolute atomic E-state index is 0.0246. The fraction of sp³-hybridized carbons (Fsp3) is 0.118. The molecular weight excluding hydrogens is 264 g/mol. The van der Waals surface area contributed by atoms with Crippen LogP contribution in [-0.2, 0) is 6.42 Å². The molecule has 4 nitrogen and oxygen atoms in total. The lowest BCUT2D eigenvalue weighted by molar-refractivity contribution is 0.0990. The van der Waals surface area contributed by atoms with Crippen molar-refractivity contribution in [2.45, 2.75) is 6.42 Å². The van der Waals surface area contributed by atoms with E-state index in [1.807, 2.05) is 42.5 Å². The van der Waals surface area contributed by atoms with Gasteiger partial charge in [-0.3, -0.25) is 4.79 Å². The van der Waals surface area contributed by atoms with Gasteiger partial charge < -0.3 is 15.1 Å². The highest BCUT2D eigenvalue weighted by molar-refractivity contribution is 6.14. The number of nitrogens with zero attached hydrogens (tertiary/aromatic N) is 1. The minimum Gasteiger partial charge on any atom is -0.463 e. The van der Waals surface area contributed by atoms with Crippen LogP contribution in [0.3, 0.4) is 0 Å². The maximum atomic E-state index is 12.8. The van der Waals surface area contributed by atoms with Crippen LogP contribution in [0.15, 0.2) is 53.1 Å². The van der Waals surface area contributed by atoms with Crippen molar-refractivity contribution < 1.29 is 9.21 Å². The zero-order chi connectivity index (χ0) is 14.4. The fourth-order valence-corrected chi connectivity index (χ4v) is 2.92. The number of benzene rings is 2. The van der Waals surface area contributed by atoms with E-state index < -0.39 is 0 Å². The number of hydrogen-bond acceptors (Lipinski definition) is 3. The third-order valence-electron chi connectivity index (χ3n) is 3.96. The average Bonchev–Trinajstić information content (AvgIpc) is 3.10. The summed E-state index contributed by atoms with van der Waals surface area (Å²) in [6.07, 6.45) is 2.38. The van der Waals surface area contributed by atoms with Crippen molar-refractivity contribution in [3.05, 3.63) is 59.9 Å². The highest BCUT2D eigenvalue weighted by Gasteiger charge is 2.27. The second-order valence-electron chi connectivity index (χ2n) is 5.24. The van der Waals surface area contributed by atoms with Gasteiger partial charge >= 0.3 is 0 Å². The predicted molar refractivity (Wildman–Crippen MR) is 82.4 cm³/mol.